The molecule has 11 heteroatoms. The average molecular weight is 539 g/mol. The first-order chi connectivity index (χ1) is 17.9. The number of nitrogens with zero attached hydrogens (tertiary/aromatic N) is 5. The molecule has 4 aromatic rings. The quantitative estimate of drug-likeness (QED) is 0.325. The van der Waals surface area contributed by atoms with Gasteiger partial charge in [0, 0.05) is 45.1 Å². The Morgan fingerprint density at radius 2 is 1.65 bits per heavy atom. The molecule has 0 unspecified atom stereocenters. The van der Waals surface area contributed by atoms with Crippen molar-refractivity contribution in [1.82, 2.24) is 18.8 Å². The Labute approximate surface area is 220 Å². The molecule has 1 fully saturated rings. The van der Waals surface area contributed by atoms with E-state index in [0.29, 0.717) is 17.6 Å². The third-order valence-corrected chi connectivity index (χ3v) is 9.02. The van der Waals surface area contributed by atoms with Crippen LogP contribution in [0.15, 0.2) is 70.6 Å². The molecule has 0 amide bonds. The first-order valence-electron chi connectivity index (χ1n) is 12.4. The smallest absolute Gasteiger partial charge is 0.268 e. The Kier molecular flexibility index (Phi) is 7.54. The van der Waals surface area contributed by atoms with E-state index in [1.54, 1.807) is 58.8 Å². The molecule has 2 aromatic carbocycles. The maximum Gasteiger partial charge on any atom is 0.268 e. The number of unbranched alkanes of at least 4 members (excludes halogenated alkanes) is 1. The van der Waals surface area contributed by atoms with Gasteiger partial charge in [0.2, 0.25) is 5.95 Å². The van der Waals surface area contributed by atoms with E-state index in [-0.39, 0.29) is 10.5 Å². The molecule has 5 rings (SSSR count). The van der Waals surface area contributed by atoms with Crippen LogP contribution < -0.4 is 15.2 Å². The summed E-state index contributed by atoms with van der Waals surface area (Å²) in [5.74, 6) is 0.789. The number of hydrogen-bond donors (Lipinski definition) is 1. The molecule has 0 saturated carbocycles. The van der Waals surface area contributed by atoms with Crippen LogP contribution >= 0.6 is 11.5 Å². The maximum atomic E-state index is 12.9. The monoisotopic (exact) mass is 538 g/mol. The molecule has 0 atom stereocenters. The topological polar surface area (TPSA) is 100 Å². The third kappa shape index (κ3) is 6.00. The van der Waals surface area contributed by atoms with Crippen molar-refractivity contribution in [1.29, 1.82) is 0 Å². The van der Waals surface area contributed by atoms with Crippen molar-refractivity contribution in [2.75, 3.05) is 42.3 Å². The molecule has 0 bridgehead atoms. The molecule has 9 nitrogen and oxygen atoms in total. The first-order valence-corrected chi connectivity index (χ1v) is 14.6. The van der Waals surface area contributed by atoms with Gasteiger partial charge in [0.1, 0.15) is 0 Å². The first kappa shape index (κ1) is 25.4. The maximum absolute atomic E-state index is 12.9. The van der Waals surface area contributed by atoms with E-state index in [9.17, 15) is 13.2 Å². The number of nitrogens with one attached hydrogen (secondary N) is 1. The molecule has 1 aliphatic rings. The van der Waals surface area contributed by atoms with Crippen LogP contribution in [0, 0.1) is 6.92 Å². The summed E-state index contributed by atoms with van der Waals surface area (Å²) in [5, 5.41) is 0.613. The molecule has 1 N–H and O–H groups in total. The van der Waals surface area contributed by atoms with E-state index in [4.69, 9.17) is 0 Å². The van der Waals surface area contributed by atoms with E-state index in [2.05, 4.69) is 24.5 Å². The number of aromatic nitrogens is 3. The molecule has 2 aromatic heterocycles. The molecule has 3 heterocycles. The van der Waals surface area contributed by atoms with Gasteiger partial charge >= 0.3 is 0 Å². The standard InChI is InChI=1S/C26H30N6O3S2/c1-20-5-8-22(9-6-20)37(34,35)29-21-7-10-23-24(19-21)36-32(25(23)33)14-3-2-13-30-15-17-31(18-16-30)26-27-11-4-12-28-26/h4-12,19,29H,2-3,13-18H2,1H3. The van der Waals surface area contributed by atoms with E-state index in [0.717, 1.165) is 61.8 Å². The van der Waals surface area contributed by atoms with Crippen LogP contribution in [0.25, 0.3) is 10.1 Å². The minimum atomic E-state index is -3.69. The Morgan fingerprint density at radius 1 is 0.946 bits per heavy atom. The third-order valence-electron chi connectivity index (χ3n) is 6.52. The zero-order chi connectivity index (χ0) is 25.8. The Hall–Kier alpha value is -3.28. The van der Waals surface area contributed by atoms with Crippen LogP contribution in [0.4, 0.5) is 11.6 Å². The molecule has 0 radical (unpaired) electrons. The zero-order valence-corrected chi connectivity index (χ0v) is 22.3. The fraction of sp³-hybridized carbons (Fsp3) is 0.346. The second kappa shape index (κ2) is 11.0. The summed E-state index contributed by atoms with van der Waals surface area (Å²) in [4.78, 5) is 26.4. The molecule has 1 saturated heterocycles. The molecule has 194 valence electrons. The summed E-state index contributed by atoms with van der Waals surface area (Å²) < 4.78 is 30.6. The van der Waals surface area contributed by atoms with Gasteiger partial charge in [0.15, 0.2) is 0 Å². The van der Waals surface area contributed by atoms with E-state index < -0.39 is 10.0 Å². The van der Waals surface area contributed by atoms with Crippen LogP contribution in [0.3, 0.4) is 0 Å². The minimum absolute atomic E-state index is 0.0237. The van der Waals surface area contributed by atoms with Crippen LogP contribution in [-0.4, -0.2) is 60.0 Å². The Morgan fingerprint density at radius 3 is 2.38 bits per heavy atom. The van der Waals surface area contributed by atoms with Gasteiger partial charge in [-0.25, -0.2) is 18.4 Å². The molecular weight excluding hydrogens is 508 g/mol. The van der Waals surface area contributed by atoms with Gasteiger partial charge in [-0.2, -0.15) is 0 Å². The number of aryl methyl sites for hydroxylation is 2. The van der Waals surface area contributed by atoms with Gasteiger partial charge in [-0.3, -0.25) is 18.4 Å². The van der Waals surface area contributed by atoms with Crippen LogP contribution in [0.5, 0.6) is 0 Å². The number of rotatable bonds is 9. The van der Waals surface area contributed by atoms with Gasteiger partial charge in [-0.15, -0.1) is 0 Å². The van der Waals surface area contributed by atoms with Gasteiger partial charge in [-0.05, 0) is 62.7 Å². The summed E-state index contributed by atoms with van der Waals surface area (Å²) in [5.41, 5.74) is 1.41. The highest BCUT2D eigenvalue weighted by molar-refractivity contribution is 7.92. The minimum Gasteiger partial charge on any atom is -0.338 e. The van der Waals surface area contributed by atoms with Crippen molar-refractivity contribution in [2.45, 2.75) is 31.2 Å². The van der Waals surface area contributed by atoms with Crippen molar-refractivity contribution >= 4 is 43.3 Å². The molecular formula is C26H30N6O3S2. The number of fused-ring (bicyclic) bond motifs is 1. The van der Waals surface area contributed by atoms with Crippen molar-refractivity contribution < 1.29 is 8.42 Å². The lowest BCUT2D eigenvalue weighted by Crippen LogP contribution is -2.47. The summed E-state index contributed by atoms with van der Waals surface area (Å²) in [6.45, 7) is 7.33. The number of benzene rings is 2. The van der Waals surface area contributed by atoms with Crippen molar-refractivity contribution in [3.63, 3.8) is 0 Å². The summed E-state index contributed by atoms with van der Waals surface area (Å²) in [6.07, 6.45) is 5.45. The second-order valence-corrected chi connectivity index (χ2v) is 12.0. The normalized spacial score (nSPS) is 14.8. The summed E-state index contributed by atoms with van der Waals surface area (Å²) in [7, 11) is -3.69. The largest absolute Gasteiger partial charge is 0.338 e. The van der Waals surface area contributed by atoms with Crippen molar-refractivity contribution in [3.8, 4) is 0 Å². The lowest BCUT2D eigenvalue weighted by molar-refractivity contribution is 0.250. The lowest BCUT2D eigenvalue weighted by Gasteiger charge is -2.34. The second-order valence-electron chi connectivity index (χ2n) is 9.21. The summed E-state index contributed by atoms with van der Waals surface area (Å²) >= 11 is 1.38. The zero-order valence-electron chi connectivity index (χ0n) is 20.7. The van der Waals surface area contributed by atoms with Crippen LogP contribution in [-0.2, 0) is 16.6 Å². The predicted molar refractivity (Wildman–Crippen MR) is 148 cm³/mol. The highest BCUT2D eigenvalue weighted by Gasteiger charge is 2.19. The van der Waals surface area contributed by atoms with E-state index in [1.165, 1.54) is 11.5 Å². The number of hydrogen-bond acceptors (Lipinski definition) is 8. The predicted octanol–water partition coefficient (Wildman–Crippen LogP) is 3.56. The summed E-state index contributed by atoms with van der Waals surface area (Å²) in [6, 6.07) is 13.6. The SMILES string of the molecule is Cc1ccc(S(=O)(=O)Nc2ccc3c(=O)n(CCCCN4CCN(c5ncccn5)CC4)sc3c2)cc1. The van der Waals surface area contributed by atoms with Gasteiger partial charge in [-0.1, -0.05) is 29.2 Å². The average Bonchev–Trinajstić information content (AvgIpc) is 3.22. The fourth-order valence-electron chi connectivity index (χ4n) is 4.43. The van der Waals surface area contributed by atoms with E-state index in [1.807, 2.05) is 13.0 Å². The van der Waals surface area contributed by atoms with Crippen molar-refractivity contribution in [2.24, 2.45) is 0 Å². The molecule has 0 aliphatic carbocycles. The Balaban J connectivity index is 1.14. The van der Waals surface area contributed by atoms with Gasteiger partial charge in [0.25, 0.3) is 15.6 Å². The molecule has 37 heavy (non-hydrogen) atoms. The van der Waals surface area contributed by atoms with Crippen LogP contribution in [0.2, 0.25) is 0 Å². The highest BCUT2D eigenvalue weighted by Crippen LogP contribution is 2.24. The van der Waals surface area contributed by atoms with Crippen LogP contribution in [0.1, 0.15) is 18.4 Å². The highest BCUT2D eigenvalue weighted by atomic mass is 32.2. The fourth-order valence-corrected chi connectivity index (χ4v) is 6.55. The number of sulfonamides is 1. The van der Waals surface area contributed by atoms with E-state index >= 15 is 0 Å². The van der Waals surface area contributed by atoms with Gasteiger partial charge < -0.3 is 4.90 Å². The van der Waals surface area contributed by atoms with Gasteiger partial charge in [0.05, 0.1) is 20.7 Å². The number of piperazine rings is 1. The molecule has 1 aliphatic heterocycles. The van der Waals surface area contributed by atoms with Crippen molar-refractivity contribution in [3.05, 3.63) is 76.8 Å². The Bertz CT molecular complexity index is 1510. The lowest BCUT2D eigenvalue weighted by atomic mass is 10.2. The number of anilines is 2. The molecule has 0 spiro atoms.